The van der Waals surface area contributed by atoms with Crippen molar-refractivity contribution in [1.82, 2.24) is 0 Å². The second-order valence-electron chi connectivity index (χ2n) is 5.99. The van der Waals surface area contributed by atoms with Crippen LogP contribution >= 0.6 is 0 Å². The lowest BCUT2D eigenvalue weighted by atomic mass is 10.1. The summed E-state index contributed by atoms with van der Waals surface area (Å²) in [4.78, 5) is 25.5. The number of ketones is 1. The van der Waals surface area contributed by atoms with Gasteiger partial charge in [-0.1, -0.05) is 79.4 Å². The lowest BCUT2D eigenvalue weighted by Gasteiger charge is -2.19. The molecule has 0 radical (unpaired) electrons. The molecule has 0 aliphatic heterocycles. The van der Waals surface area contributed by atoms with Crippen molar-refractivity contribution in [3.63, 3.8) is 0 Å². The van der Waals surface area contributed by atoms with E-state index in [2.05, 4.69) is 11.9 Å². The molecule has 3 aromatic rings. The fourth-order valence-electron chi connectivity index (χ4n) is 2.77. The molecule has 0 spiro atoms. The zero-order chi connectivity index (χ0) is 19.8. The highest BCUT2D eigenvalue weighted by Gasteiger charge is 2.12. The maximum absolute atomic E-state index is 12.8. The second-order valence-corrected chi connectivity index (χ2v) is 5.99. The Hall–Kier alpha value is -3.92. The number of nitrogens with one attached hydrogen (secondary N) is 1. The van der Waals surface area contributed by atoms with Crippen LogP contribution in [0.2, 0.25) is 0 Å². The van der Waals surface area contributed by atoms with Gasteiger partial charge in [0.1, 0.15) is 0 Å². The van der Waals surface area contributed by atoms with E-state index in [1.165, 1.54) is 11.1 Å². The molecule has 1 N–H and O–H groups in total. The molecule has 138 valence electrons. The maximum atomic E-state index is 12.8. The number of carbonyl (C=O) groups excluding carboxylic acids is 2. The minimum Gasteiger partial charge on any atom is -0.353 e. The lowest BCUT2D eigenvalue weighted by molar-refractivity contribution is -0.106. The third-order valence-electron chi connectivity index (χ3n) is 4.18. The van der Waals surface area contributed by atoms with E-state index in [9.17, 15) is 9.59 Å². The van der Waals surface area contributed by atoms with Crippen molar-refractivity contribution in [2.45, 2.75) is 0 Å². The van der Waals surface area contributed by atoms with E-state index in [-0.39, 0.29) is 5.78 Å². The zero-order valence-corrected chi connectivity index (χ0v) is 15.3. The molecule has 0 unspecified atom stereocenters. The van der Waals surface area contributed by atoms with Gasteiger partial charge in [-0.2, -0.15) is 0 Å². The molecule has 0 aliphatic carbocycles. The van der Waals surface area contributed by atoms with E-state index in [4.69, 9.17) is 0 Å². The second kappa shape index (κ2) is 9.14. The normalized spacial score (nSPS) is 10.8. The summed E-state index contributed by atoms with van der Waals surface area (Å²) in [5.74, 6) is -0.111. The molecule has 0 aromatic heterocycles. The van der Waals surface area contributed by atoms with Crippen molar-refractivity contribution >= 4 is 29.3 Å². The van der Waals surface area contributed by atoms with Crippen molar-refractivity contribution in [1.29, 1.82) is 0 Å². The van der Waals surface area contributed by atoms with Crippen LogP contribution in [0, 0.1) is 0 Å². The van der Waals surface area contributed by atoms with E-state index in [1.54, 1.807) is 24.3 Å². The topological polar surface area (TPSA) is 49.4 Å². The zero-order valence-electron chi connectivity index (χ0n) is 15.3. The highest BCUT2D eigenvalue weighted by atomic mass is 16.1. The Bertz CT molecular complexity index is 987. The number of allylic oxidation sites excluding steroid dienone is 1. The smallest absolute Gasteiger partial charge is 0.218 e. The average Bonchev–Trinajstić information content (AvgIpc) is 2.76. The van der Waals surface area contributed by atoms with E-state index in [0.29, 0.717) is 29.0 Å². The van der Waals surface area contributed by atoms with Crippen molar-refractivity contribution in [2.24, 2.45) is 0 Å². The Morgan fingerprint density at radius 2 is 1.39 bits per heavy atom. The van der Waals surface area contributed by atoms with Gasteiger partial charge in [0.15, 0.2) is 5.78 Å². The molecule has 0 saturated heterocycles. The van der Waals surface area contributed by atoms with Crippen LogP contribution in [0.5, 0.6) is 0 Å². The first-order valence-corrected chi connectivity index (χ1v) is 8.81. The van der Waals surface area contributed by atoms with Crippen LogP contribution in [-0.2, 0) is 4.79 Å². The van der Waals surface area contributed by atoms with Gasteiger partial charge in [0.25, 0.3) is 0 Å². The highest BCUT2D eigenvalue weighted by Crippen LogP contribution is 2.29. The number of amides is 1. The number of hydrogen-bond acceptors (Lipinski definition) is 3. The summed E-state index contributed by atoms with van der Waals surface area (Å²) >= 11 is 0. The summed E-state index contributed by atoms with van der Waals surface area (Å²) in [6, 6.07) is 26.0. The first-order chi connectivity index (χ1) is 13.7. The van der Waals surface area contributed by atoms with Crippen molar-refractivity contribution < 1.29 is 9.59 Å². The van der Waals surface area contributed by atoms with Crippen LogP contribution in [0.15, 0.2) is 104 Å². The molecular weight excluding hydrogens is 348 g/mol. The predicted molar refractivity (Wildman–Crippen MR) is 114 cm³/mol. The summed E-state index contributed by atoms with van der Waals surface area (Å²) in [6.45, 7) is 3.67. The number of hydrogen-bond donors (Lipinski definition) is 1. The van der Waals surface area contributed by atoms with Crippen LogP contribution in [0.25, 0.3) is 5.70 Å². The molecule has 0 heterocycles. The first kappa shape index (κ1) is 18.9. The monoisotopic (exact) mass is 368 g/mol. The molecule has 0 atom stereocenters. The van der Waals surface area contributed by atoms with Crippen LogP contribution in [0.4, 0.5) is 11.4 Å². The molecule has 0 bridgehead atoms. The summed E-state index contributed by atoms with van der Waals surface area (Å²) in [7, 11) is 0. The Kier molecular flexibility index (Phi) is 6.16. The summed E-state index contributed by atoms with van der Waals surface area (Å²) < 4.78 is 0. The minimum absolute atomic E-state index is 0.111. The molecule has 3 rings (SSSR count). The molecule has 1 amide bonds. The molecule has 0 aliphatic rings. The summed E-state index contributed by atoms with van der Waals surface area (Å²) in [5, 5.41) is 3.31. The van der Waals surface area contributed by atoms with Gasteiger partial charge in [0.05, 0.1) is 11.4 Å². The quantitative estimate of drug-likeness (QED) is 0.341. The standard InChI is InChI=1S/C24H20N2O2/c1-2-26(18-27)23-16-10-9-15-21(23)25-22(19-11-5-3-6-12-19)17-24(28)20-13-7-4-8-14-20/h2-18,25H,1H2/b22-17-. The summed E-state index contributed by atoms with van der Waals surface area (Å²) in [6.07, 6.45) is 3.70. The SMILES string of the molecule is C=CN(C=O)c1ccccc1N/C(=C\C(=O)c1ccccc1)c1ccccc1. The average molecular weight is 368 g/mol. The van der Waals surface area contributed by atoms with Gasteiger partial charge < -0.3 is 5.32 Å². The van der Waals surface area contributed by atoms with Gasteiger partial charge in [-0.05, 0) is 17.7 Å². The Labute approximate surface area is 164 Å². The van der Waals surface area contributed by atoms with Gasteiger partial charge in [-0.15, -0.1) is 0 Å². The molecule has 3 aromatic carbocycles. The third kappa shape index (κ3) is 4.43. The predicted octanol–water partition coefficient (Wildman–Crippen LogP) is 5.13. The fourth-order valence-corrected chi connectivity index (χ4v) is 2.77. The van der Waals surface area contributed by atoms with Gasteiger partial charge in [-0.25, -0.2) is 0 Å². The van der Waals surface area contributed by atoms with Gasteiger partial charge in [0.2, 0.25) is 6.41 Å². The number of anilines is 2. The third-order valence-corrected chi connectivity index (χ3v) is 4.18. The van der Waals surface area contributed by atoms with Gasteiger partial charge >= 0.3 is 0 Å². The van der Waals surface area contributed by atoms with E-state index >= 15 is 0 Å². The van der Waals surface area contributed by atoms with E-state index < -0.39 is 0 Å². The molecule has 28 heavy (non-hydrogen) atoms. The Morgan fingerprint density at radius 1 is 0.821 bits per heavy atom. The fraction of sp³-hybridized carbons (Fsp3) is 0. The van der Waals surface area contributed by atoms with E-state index in [1.807, 2.05) is 66.7 Å². The van der Waals surface area contributed by atoms with Crippen LogP contribution in [-0.4, -0.2) is 12.2 Å². The summed E-state index contributed by atoms with van der Waals surface area (Å²) in [5.41, 5.74) is 3.42. The number of carbonyl (C=O) groups is 2. The van der Waals surface area contributed by atoms with Crippen molar-refractivity contribution in [2.75, 3.05) is 10.2 Å². The molecule has 4 nitrogen and oxygen atoms in total. The number of benzene rings is 3. The Balaban J connectivity index is 2.03. The minimum atomic E-state index is -0.111. The highest BCUT2D eigenvalue weighted by molar-refractivity contribution is 6.09. The van der Waals surface area contributed by atoms with Crippen LogP contribution < -0.4 is 10.2 Å². The number of para-hydroxylation sites is 2. The van der Waals surface area contributed by atoms with Gasteiger partial charge in [0, 0.05) is 23.5 Å². The Morgan fingerprint density at radius 3 is 2.00 bits per heavy atom. The van der Waals surface area contributed by atoms with Crippen molar-refractivity contribution in [3.8, 4) is 0 Å². The molecule has 4 heteroatoms. The number of nitrogens with zero attached hydrogens (tertiary/aromatic N) is 1. The van der Waals surface area contributed by atoms with E-state index in [0.717, 1.165) is 5.56 Å². The largest absolute Gasteiger partial charge is 0.353 e. The lowest BCUT2D eigenvalue weighted by Crippen LogP contribution is -2.14. The molecule has 0 fully saturated rings. The maximum Gasteiger partial charge on any atom is 0.218 e. The van der Waals surface area contributed by atoms with Gasteiger partial charge in [-0.3, -0.25) is 14.5 Å². The van der Waals surface area contributed by atoms with Crippen LogP contribution in [0.1, 0.15) is 15.9 Å². The van der Waals surface area contributed by atoms with Crippen molar-refractivity contribution in [3.05, 3.63) is 115 Å². The number of rotatable bonds is 8. The molecule has 0 saturated carbocycles. The van der Waals surface area contributed by atoms with Crippen LogP contribution in [0.3, 0.4) is 0 Å². The molecular formula is C24H20N2O2. The first-order valence-electron chi connectivity index (χ1n) is 8.81.